The fourth-order valence-electron chi connectivity index (χ4n) is 0.885. The van der Waals surface area contributed by atoms with Crippen molar-refractivity contribution < 1.29 is 34.0 Å². The van der Waals surface area contributed by atoms with Crippen LogP contribution < -0.4 is 0 Å². The summed E-state index contributed by atoms with van der Waals surface area (Å²) in [6.07, 6.45) is -3.84. The van der Waals surface area contributed by atoms with Crippen LogP contribution in [0, 0.1) is 0 Å². The van der Waals surface area contributed by atoms with E-state index in [9.17, 15) is 25.6 Å². The predicted molar refractivity (Wildman–Crippen MR) is 60.1 cm³/mol. The Morgan fingerprint density at radius 1 is 1.06 bits per heavy atom. The summed E-state index contributed by atoms with van der Waals surface area (Å²) in [5.41, 5.74) is -2.30. The van der Waals surface area contributed by atoms with Crippen LogP contribution in [0.15, 0.2) is 0 Å². The van der Waals surface area contributed by atoms with Crippen molar-refractivity contribution in [2.45, 2.75) is 45.8 Å². The van der Waals surface area contributed by atoms with Crippen molar-refractivity contribution in [3.05, 3.63) is 0 Å². The fraction of sp³-hybridized carbons (Fsp3) is 1.00. The normalized spacial score (nSPS) is 14.4. The number of halogens is 2. The largest absolute Gasteiger partial charge is 0.285 e. The third-order valence-electron chi connectivity index (χ3n) is 1.50. The van der Waals surface area contributed by atoms with Crippen LogP contribution in [0.4, 0.5) is 8.78 Å². The van der Waals surface area contributed by atoms with Gasteiger partial charge in [0.1, 0.15) is 5.60 Å². The zero-order valence-corrected chi connectivity index (χ0v) is 12.0. The highest BCUT2D eigenvalue weighted by molar-refractivity contribution is 8.03. The Balaban J connectivity index is 4.90. The number of rotatable bonds is 7. The maximum atomic E-state index is 12.4. The van der Waals surface area contributed by atoms with E-state index in [0.29, 0.717) is 0 Å². The van der Waals surface area contributed by atoms with Crippen LogP contribution in [0.1, 0.15) is 27.7 Å². The van der Waals surface area contributed by atoms with Crippen LogP contribution in [0.5, 0.6) is 0 Å². The van der Waals surface area contributed by atoms with E-state index in [1.807, 2.05) is 0 Å². The maximum Gasteiger partial charge on any atom is 0.285 e. The highest BCUT2D eigenvalue weighted by Gasteiger charge is 2.38. The first-order valence-electron chi connectivity index (χ1n) is 4.90. The molecular formula is C8H16F2O6S2. The summed E-state index contributed by atoms with van der Waals surface area (Å²) in [6, 6.07) is 0. The van der Waals surface area contributed by atoms with Gasteiger partial charge >= 0.3 is 0 Å². The van der Waals surface area contributed by atoms with E-state index >= 15 is 0 Å². The standard InChI is InChI=1S/C8H16F2O6S2/c1-6(2)15-17(11,12)5-18(13,14)16-8(3,4)7(9)10/h6-7H,5H2,1-4H3. The van der Waals surface area contributed by atoms with Crippen LogP contribution >= 0.6 is 0 Å². The lowest BCUT2D eigenvalue weighted by atomic mass is 10.2. The molecule has 0 bridgehead atoms. The minimum Gasteiger partial charge on any atom is -0.267 e. The van der Waals surface area contributed by atoms with Gasteiger partial charge in [-0.25, -0.2) is 8.78 Å². The molecule has 0 aliphatic carbocycles. The minimum atomic E-state index is -4.68. The number of hydrogen-bond acceptors (Lipinski definition) is 6. The lowest BCUT2D eigenvalue weighted by Crippen LogP contribution is -2.38. The summed E-state index contributed by atoms with van der Waals surface area (Å²) < 4.78 is 78.5. The van der Waals surface area contributed by atoms with Crippen molar-refractivity contribution in [2.75, 3.05) is 5.08 Å². The van der Waals surface area contributed by atoms with Crippen molar-refractivity contribution >= 4 is 20.2 Å². The molecule has 0 saturated heterocycles. The Kier molecular flexibility index (Phi) is 5.66. The summed E-state index contributed by atoms with van der Waals surface area (Å²) in [4.78, 5) is 0. The second kappa shape index (κ2) is 5.76. The average molecular weight is 310 g/mol. The molecule has 0 unspecified atom stereocenters. The maximum absolute atomic E-state index is 12.4. The molecule has 0 amide bonds. The summed E-state index contributed by atoms with van der Waals surface area (Å²) in [5.74, 6) is 0. The Morgan fingerprint density at radius 3 is 1.83 bits per heavy atom. The van der Waals surface area contributed by atoms with Crippen LogP contribution in [-0.2, 0) is 28.6 Å². The van der Waals surface area contributed by atoms with E-state index in [1.165, 1.54) is 13.8 Å². The zero-order valence-electron chi connectivity index (χ0n) is 10.4. The number of hydrogen-bond donors (Lipinski definition) is 0. The van der Waals surface area contributed by atoms with Crippen molar-refractivity contribution in [1.82, 2.24) is 0 Å². The first kappa shape index (κ1) is 17.7. The molecule has 110 valence electrons. The molecular weight excluding hydrogens is 294 g/mol. The molecule has 0 N–H and O–H groups in total. The lowest BCUT2D eigenvalue weighted by molar-refractivity contribution is -0.0468. The van der Waals surface area contributed by atoms with E-state index in [1.54, 1.807) is 0 Å². The molecule has 0 rings (SSSR count). The number of alkyl halides is 2. The molecule has 10 heteroatoms. The van der Waals surface area contributed by atoms with E-state index in [0.717, 1.165) is 13.8 Å². The zero-order chi connectivity index (χ0) is 14.8. The lowest BCUT2D eigenvalue weighted by Gasteiger charge is -2.23. The van der Waals surface area contributed by atoms with Crippen LogP contribution in [-0.4, -0.2) is 40.1 Å². The van der Waals surface area contributed by atoms with Crippen LogP contribution in [0.25, 0.3) is 0 Å². The highest BCUT2D eigenvalue weighted by Crippen LogP contribution is 2.22. The van der Waals surface area contributed by atoms with Gasteiger partial charge in [-0.2, -0.15) is 16.8 Å². The van der Waals surface area contributed by atoms with Gasteiger partial charge in [-0.3, -0.25) is 8.37 Å². The molecule has 0 atom stereocenters. The molecule has 0 aromatic carbocycles. The molecule has 0 aromatic rings. The Bertz CT molecular complexity index is 466. The third-order valence-corrected chi connectivity index (χ3v) is 5.17. The molecule has 0 spiro atoms. The molecule has 0 fully saturated rings. The monoisotopic (exact) mass is 310 g/mol. The van der Waals surface area contributed by atoms with E-state index < -0.39 is 43.5 Å². The second-order valence-corrected chi connectivity index (χ2v) is 7.90. The highest BCUT2D eigenvalue weighted by atomic mass is 32.3. The fourth-order valence-corrected chi connectivity index (χ4v) is 4.03. The Labute approximate surface area is 106 Å². The van der Waals surface area contributed by atoms with Crippen molar-refractivity contribution in [3.8, 4) is 0 Å². The third kappa shape index (κ3) is 6.57. The van der Waals surface area contributed by atoms with Gasteiger partial charge in [0.2, 0.25) is 5.08 Å². The molecule has 0 radical (unpaired) electrons. The first-order chi connectivity index (χ1) is 7.77. The summed E-state index contributed by atoms with van der Waals surface area (Å²) >= 11 is 0. The minimum absolute atomic E-state index is 0.756. The molecule has 0 aliphatic rings. The Morgan fingerprint density at radius 2 is 1.50 bits per heavy atom. The second-order valence-electron chi connectivity index (χ2n) is 4.37. The van der Waals surface area contributed by atoms with Crippen molar-refractivity contribution in [1.29, 1.82) is 0 Å². The summed E-state index contributed by atoms with van der Waals surface area (Å²) in [7, 11) is -9.08. The molecule has 6 nitrogen and oxygen atoms in total. The van der Waals surface area contributed by atoms with Crippen LogP contribution in [0.3, 0.4) is 0 Å². The molecule has 0 heterocycles. The smallest absolute Gasteiger partial charge is 0.267 e. The first-order valence-corrected chi connectivity index (χ1v) is 8.05. The topological polar surface area (TPSA) is 86.7 Å². The molecule has 0 saturated carbocycles. The van der Waals surface area contributed by atoms with E-state index in [4.69, 9.17) is 0 Å². The Hall–Kier alpha value is -0.320. The summed E-state index contributed by atoms with van der Waals surface area (Å²) in [5, 5.41) is -1.51. The predicted octanol–water partition coefficient (Wildman–Crippen LogP) is 1.09. The van der Waals surface area contributed by atoms with Gasteiger partial charge < -0.3 is 0 Å². The van der Waals surface area contributed by atoms with E-state index in [2.05, 4.69) is 8.37 Å². The van der Waals surface area contributed by atoms with Gasteiger partial charge in [0, 0.05) is 0 Å². The summed E-state index contributed by atoms with van der Waals surface area (Å²) in [6.45, 7) is 4.44. The molecule has 18 heavy (non-hydrogen) atoms. The SMILES string of the molecule is CC(C)OS(=O)(=O)CS(=O)(=O)OC(C)(C)C(F)F. The average Bonchev–Trinajstić information content (AvgIpc) is 1.94. The van der Waals surface area contributed by atoms with Gasteiger partial charge in [-0.1, -0.05) is 0 Å². The van der Waals surface area contributed by atoms with Gasteiger partial charge in [-0.05, 0) is 27.7 Å². The quantitative estimate of drug-likeness (QED) is 0.654. The van der Waals surface area contributed by atoms with E-state index in [-0.39, 0.29) is 0 Å². The van der Waals surface area contributed by atoms with Gasteiger partial charge in [-0.15, -0.1) is 0 Å². The molecule has 0 aliphatic heterocycles. The van der Waals surface area contributed by atoms with Crippen molar-refractivity contribution in [3.63, 3.8) is 0 Å². The molecule has 0 aromatic heterocycles. The van der Waals surface area contributed by atoms with Crippen LogP contribution in [0.2, 0.25) is 0 Å². The van der Waals surface area contributed by atoms with Gasteiger partial charge in [0.25, 0.3) is 26.7 Å². The van der Waals surface area contributed by atoms with Gasteiger partial charge in [0.15, 0.2) is 0 Å². The van der Waals surface area contributed by atoms with Gasteiger partial charge in [0.05, 0.1) is 6.10 Å². The van der Waals surface area contributed by atoms with Crippen molar-refractivity contribution in [2.24, 2.45) is 0 Å².